The molecule has 1 N–H and O–H groups in total. The first-order valence-corrected chi connectivity index (χ1v) is 6.42. The summed E-state index contributed by atoms with van der Waals surface area (Å²) >= 11 is 0. The van der Waals surface area contributed by atoms with Crippen molar-refractivity contribution in [2.45, 2.75) is 58.5 Å². The monoisotopic (exact) mass is 227 g/mol. The van der Waals surface area contributed by atoms with Crippen LogP contribution < -0.4 is 5.32 Å². The molecule has 1 rings (SSSR count). The molecule has 3 heteroatoms. The largest absolute Gasteiger partial charge is 0.469 e. The van der Waals surface area contributed by atoms with Crippen LogP contribution in [-0.2, 0) is 9.53 Å². The predicted octanol–water partition coefficient (Wildman–Crippen LogP) is 2.35. The van der Waals surface area contributed by atoms with Gasteiger partial charge in [0.1, 0.15) is 0 Å². The van der Waals surface area contributed by atoms with Gasteiger partial charge in [-0.1, -0.05) is 20.3 Å². The van der Waals surface area contributed by atoms with Gasteiger partial charge < -0.3 is 10.1 Å². The average Bonchev–Trinajstić information content (AvgIpc) is 2.95. The molecule has 0 amide bonds. The molecular formula is C13H25NO2. The Bertz CT molecular complexity index is 230. The van der Waals surface area contributed by atoms with Gasteiger partial charge in [-0.25, -0.2) is 0 Å². The first-order valence-electron chi connectivity index (χ1n) is 6.42. The highest BCUT2D eigenvalue weighted by atomic mass is 16.5. The lowest BCUT2D eigenvalue weighted by Gasteiger charge is -2.17. The van der Waals surface area contributed by atoms with Crippen LogP contribution >= 0.6 is 0 Å². The van der Waals surface area contributed by atoms with Crippen LogP contribution in [0.15, 0.2) is 0 Å². The van der Waals surface area contributed by atoms with Crippen LogP contribution in [0, 0.1) is 11.8 Å². The molecule has 0 aromatic heterocycles. The first kappa shape index (κ1) is 13.5. The van der Waals surface area contributed by atoms with E-state index in [-0.39, 0.29) is 11.9 Å². The minimum Gasteiger partial charge on any atom is -0.469 e. The second-order valence-corrected chi connectivity index (χ2v) is 5.12. The van der Waals surface area contributed by atoms with Crippen molar-refractivity contribution < 1.29 is 9.53 Å². The molecule has 4 unspecified atom stereocenters. The van der Waals surface area contributed by atoms with Gasteiger partial charge in [0.15, 0.2) is 0 Å². The number of hydrogen-bond donors (Lipinski definition) is 1. The maximum atomic E-state index is 11.3. The van der Waals surface area contributed by atoms with Crippen molar-refractivity contribution >= 4 is 5.97 Å². The molecule has 0 saturated heterocycles. The Morgan fingerprint density at radius 2 is 2.19 bits per heavy atom. The van der Waals surface area contributed by atoms with Crippen molar-refractivity contribution in [3.05, 3.63) is 0 Å². The predicted molar refractivity (Wildman–Crippen MR) is 65.2 cm³/mol. The number of hydrogen-bond acceptors (Lipinski definition) is 3. The Labute approximate surface area is 98.9 Å². The van der Waals surface area contributed by atoms with E-state index in [2.05, 4.69) is 19.2 Å². The molecule has 0 bridgehead atoms. The van der Waals surface area contributed by atoms with Crippen LogP contribution in [0.1, 0.15) is 46.5 Å². The number of methoxy groups -OCH3 is 1. The van der Waals surface area contributed by atoms with Crippen LogP contribution in [0.3, 0.4) is 0 Å². The zero-order chi connectivity index (χ0) is 12.1. The molecular weight excluding hydrogens is 202 g/mol. The molecule has 4 atom stereocenters. The van der Waals surface area contributed by atoms with Crippen molar-refractivity contribution in [3.8, 4) is 0 Å². The Hall–Kier alpha value is -0.570. The summed E-state index contributed by atoms with van der Waals surface area (Å²) in [6.45, 7) is 6.32. The molecule has 16 heavy (non-hydrogen) atoms. The molecule has 0 radical (unpaired) electrons. The Morgan fingerprint density at radius 1 is 1.50 bits per heavy atom. The SMILES string of the molecule is CCCC1CC1NC(C)CC(C)C(=O)OC. The fourth-order valence-electron chi connectivity index (χ4n) is 2.40. The second-order valence-electron chi connectivity index (χ2n) is 5.12. The lowest BCUT2D eigenvalue weighted by molar-refractivity contribution is -0.145. The maximum Gasteiger partial charge on any atom is 0.308 e. The lowest BCUT2D eigenvalue weighted by Crippen LogP contribution is -2.32. The number of carbonyl (C=O) groups excluding carboxylic acids is 1. The van der Waals surface area contributed by atoms with Gasteiger partial charge >= 0.3 is 5.97 Å². The lowest BCUT2D eigenvalue weighted by atomic mass is 10.0. The van der Waals surface area contributed by atoms with Crippen LogP contribution in [0.2, 0.25) is 0 Å². The number of esters is 1. The molecule has 3 nitrogen and oxygen atoms in total. The molecule has 1 saturated carbocycles. The number of rotatable bonds is 7. The maximum absolute atomic E-state index is 11.3. The van der Waals surface area contributed by atoms with E-state index >= 15 is 0 Å². The van der Waals surface area contributed by atoms with E-state index in [9.17, 15) is 4.79 Å². The summed E-state index contributed by atoms with van der Waals surface area (Å²) < 4.78 is 4.73. The van der Waals surface area contributed by atoms with Crippen LogP contribution in [0.4, 0.5) is 0 Å². The van der Waals surface area contributed by atoms with E-state index in [4.69, 9.17) is 4.74 Å². The van der Waals surface area contributed by atoms with E-state index in [1.807, 2.05) is 6.92 Å². The fraction of sp³-hybridized carbons (Fsp3) is 0.923. The molecule has 0 aromatic rings. The van der Waals surface area contributed by atoms with Gasteiger partial charge in [0.05, 0.1) is 13.0 Å². The Kier molecular flexibility index (Phi) is 5.26. The molecule has 0 spiro atoms. The Morgan fingerprint density at radius 3 is 2.75 bits per heavy atom. The molecule has 1 aliphatic carbocycles. The van der Waals surface area contributed by atoms with Gasteiger partial charge in [0.25, 0.3) is 0 Å². The van der Waals surface area contributed by atoms with E-state index in [0.29, 0.717) is 12.1 Å². The minimum atomic E-state index is -0.102. The van der Waals surface area contributed by atoms with Crippen LogP contribution in [0.25, 0.3) is 0 Å². The normalized spacial score (nSPS) is 27.2. The van der Waals surface area contributed by atoms with Crippen molar-refractivity contribution in [3.63, 3.8) is 0 Å². The highest BCUT2D eigenvalue weighted by molar-refractivity contribution is 5.71. The van der Waals surface area contributed by atoms with Gasteiger partial charge in [-0.05, 0) is 32.1 Å². The smallest absolute Gasteiger partial charge is 0.308 e. The fourth-order valence-corrected chi connectivity index (χ4v) is 2.40. The summed E-state index contributed by atoms with van der Waals surface area (Å²) in [5.74, 6) is 0.770. The molecule has 0 heterocycles. The molecule has 0 aliphatic heterocycles. The topological polar surface area (TPSA) is 38.3 Å². The summed E-state index contributed by atoms with van der Waals surface area (Å²) in [5.41, 5.74) is 0. The zero-order valence-corrected chi connectivity index (χ0v) is 11.0. The molecule has 0 aromatic carbocycles. The highest BCUT2D eigenvalue weighted by Gasteiger charge is 2.36. The van der Waals surface area contributed by atoms with Gasteiger partial charge in [-0.3, -0.25) is 4.79 Å². The summed E-state index contributed by atoms with van der Waals surface area (Å²) in [7, 11) is 1.45. The molecule has 94 valence electrons. The summed E-state index contributed by atoms with van der Waals surface area (Å²) in [4.78, 5) is 11.3. The van der Waals surface area contributed by atoms with Gasteiger partial charge in [0, 0.05) is 12.1 Å². The van der Waals surface area contributed by atoms with Crippen molar-refractivity contribution in [2.75, 3.05) is 7.11 Å². The standard InChI is InChI=1S/C13H25NO2/c1-5-6-11-8-12(11)14-10(3)7-9(2)13(15)16-4/h9-12,14H,5-8H2,1-4H3. The van der Waals surface area contributed by atoms with Crippen LogP contribution in [0.5, 0.6) is 0 Å². The van der Waals surface area contributed by atoms with E-state index < -0.39 is 0 Å². The third kappa shape index (κ3) is 4.12. The van der Waals surface area contributed by atoms with E-state index in [0.717, 1.165) is 12.3 Å². The number of carbonyl (C=O) groups is 1. The van der Waals surface area contributed by atoms with Crippen molar-refractivity contribution in [2.24, 2.45) is 11.8 Å². The third-order valence-electron chi connectivity index (χ3n) is 3.39. The van der Waals surface area contributed by atoms with Crippen molar-refractivity contribution in [1.29, 1.82) is 0 Å². The van der Waals surface area contributed by atoms with Crippen LogP contribution in [-0.4, -0.2) is 25.2 Å². The molecule has 1 aliphatic rings. The highest BCUT2D eigenvalue weighted by Crippen LogP contribution is 2.35. The zero-order valence-electron chi connectivity index (χ0n) is 11.0. The van der Waals surface area contributed by atoms with Gasteiger partial charge in [0.2, 0.25) is 0 Å². The molecule has 1 fully saturated rings. The first-order chi connectivity index (χ1) is 7.58. The number of nitrogens with one attached hydrogen (secondary N) is 1. The van der Waals surface area contributed by atoms with E-state index in [1.165, 1.54) is 26.4 Å². The minimum absolute atomic E-state index is 0.00382. The second kappa shape index (κ2) is 6.24. The van der Waals surface area contributed by atoms with Crippen molar-refractivity contribution in [1.82, 2.24) is 5.32 Å². The van der Waals surface area contributed by atoms with E-state index in [1.54, 1.807) is 0 Å². The summed E-state index contributed by atoms with van der Waals surface area (Å²) in [6.07, 6.45) is 4.78. The Balaban J connectivity index is 2.16. The quantitative estimate of drug-likeness (QED) is 0.678. The van der Waals surface area contributed by atoms with Gasteiger partial charge in [-0.15, -0.1) is 0 Å². The number of ether oxygens (including phenoxy) is 1. The average molecular weight is 227 g/mol. The van der Waals surface area contributed by atoms with Gasteiger partial charge in [-0.2, -0.15) is 0 Å². The summed E-state index contributed by atoms with van der Waals surface area (Å²) in [6, 6.07) is 1.10. The third-order valence-corrected chi connectivity index (χ3v) is 3.39. The summed E-state index contributed by atoms with van der Waals surface area (Å²) in [5, 5.41) is 3.59.